The Morgan fingerprint density at radius 3 is 2.33 bits per heavy atom. The molecule has 0 saturated heterocycles. The summed E-state index contributed by atoms with van der Waals surface area (Å²) in [5.41, 5.74) is 0.989. The van der Waals surface area contributed by atoms with Crippen LogP contribution in [0.3, 0.4) is 0 Å². The van der Waals surface area contributed by atoms with Crippen LogP contribution in [0, 0.1) is 0 Å². The zero-order chi connectivity index (χ0) is 13.9. The molecule has 6 heteroatoms. The summed E-state index contributed by atoms with van der Waals surface area (Å²) in [7, 11) is -1.71. The summed E-state index contributed by atoms with van der Waals surface area (Å²) in [5.74, 6) is 0. The molecule has 1 rings (SSSR count). The molecule has 1 aromatic rings. The van der Waals surface area contributed by atoms with Crippen LogP contribution in [0.2, 0.25) is 0 Å². The number of primary sulfonamides is 1. The summed E-state index contributed by atoms with van der Waals surface area (Å²) < 4.78 is 22.3. The van der Waals surface area contributed by atoms with Gasteiger partial charge in [0.1, 0.15) is 0 Å². The van der Waals surface area contributed by atoms with E-state index in [0.29, 0.717) is 11.6 Å². The summed E-state index contributed by atoms with van der Waals surface area (Å²) in [5, 5.41) is 5.60. The van der Waals surface area contributed by atoms with E-state index in [4.69, 9.17) is 16.7 Å². The van der Waals surface area contributed by atoms with E-state index in [1.807, 2.05) is 18.9 Å². The van der Waals surface area contributed by atoms with E-state index in [-0.39, 0.29) is 10.9 Å². The molecule has 0 aliphatic heterocycles. The lowest BCUT2D eigenvalue weighted by atomic mass is 10.1. The van der Waals surface area contributed by atoms with Crippen LogP contribution in [0.1, 0.15) is 18.5 Å². The third-order valence-corrected chi connectivity index (χ3v) is 3.82. The number of halogens is 1. The van der Waals surface area contributed by atoms with Gasteiger partial charge in [0.05, 0.1) is 4.90 Å². The van der Waals surface area contributed by atoms with Crippen molar-refractivity contribution in [1.29, 1.82) is 0 Å². The Balaban J connectivity index is 2.88. The van der Waals surface area contributed by atoms with Crippen LogP contribution in [-0.2, 0) is 10.0 Å². The smallest absolute Gasteiger partial charge is 0.238 e. The molecule has 0 radical (unpaired) electrons. The van der Waals surface area contributed by atoms with Gasteiger partial charge in [-0.3, -0.25) is 4.90 Å². The highest BCUT2D eigenvalue weighted by Crippen LogP contribution is 2.21. The SMILES string of the molecule is C=C(Cl)CN(C)C(C)c1ccc(S(N)(=O)=O)cc1. The minimum Gasteiger partial charge on any atom is -0.295 e. The highest BCUT2D eigenvalue weighted by atomic mass is 35.5. The number of rotatable bonds is 5. The van der Waals surface area contributed by atoms with Crippen LogP contribution >= 0.6 is 11.6 Å². The molecule has 100 valence electrons. The van der Waals surface area contributed by atoms with Crippen molar-refractivity contribution < 1.29 is 8.42 Å². The Hall–Kier alpha value is -0.880. The van der Waals surface area contributed by atoms with Gasteiger partial charge in [-0.25, -0.2) is 13.6 Å². The monoisotopic (exact) mass is 288 g/mol. The predicted molar refractivity (Wildman–Crippen MR) is 73.9 cm³/mol. The maximum absolute atomic E-state index is 11.1. The molecule has 0 bridgehead atoms. The molecular weight excluding hydrogens is 272 g/mol. The third-order valence-electron chi connectivity index (χ3n) is 2.77. The van der Waals surface area contributed by atoms with Gasteiger partial charge in [0.2, 0.25) is 10.0 Å². The average molecular weight is 289 g/mol. The topological polar surface area (TPSA) is 63.4 Å². The van der Waals surface area contributed by atoms with Gasteiger partial charge >= 0.3 is 0 Å². The van der Waals surface area contributed by atoms with E-state index in [1.54, 1.807) is 12.1 Å². The molecule has 2 N–H and O–H groups in total. The van der Waals surface area contributed by atoms with Crippen LogP contribution in [-0.4, -0.2) is 26.9 Å². The lowest BCUT2D eigenvalue weighted by Crippen LogP contribution is -2.23. The van der Waals surface area contributed by atoms with Crippen LogP contribution < -0.4 is 5.14 Å². The van der Waals surface area contributed by atoms with Gasteiger partial charge in [0.15, 0.2) is 0 Å². The molecule has 0 fully saturated rings. The summed E-state index contributed by atoms with van der Waals surface area (Å²) >= 11 is 5.76. The standard InChI is InChI=1S/C12H17ClN2O2S/c1-9(13)8-15(3)10(2)11-4-6-12(7-5-11)18(14,16)17/h4-7,10H,1,8H2,2-3H3,(H2,14,16,17). The lowest BCUT2D eigenvalue weighted by molar-refractivity contribution is 0.287. The molecule has 0 amide bonds. The van der Waals surface area contributed by atoms with Gasteiger partial charge in [0.25, 0.3) is 0 Å². The van der Waals surface area contributed by atoms with E-state index in [9.17, 15) is 8.42 Å². The van der Waals surface area contributed by atoms with Crippen LogP contribution in [0.5, 0.6) is 0 Å². The molecule has 1 unspecified atom stereocenters. The normalized spacial score (nSPS) is 13.6. The van der Waals surface area contributed by atoms with Gasteiger partial charge in [-0.2, -0.15) is 0 Å². The van der Waals surface area contributed by atoms with Crippen LogP contribution in [0.4, 0.5) is 0 Å². The van der Waals surface area contributed by atoms with Crippen molar-refractivity contribution in [2.75, 3.05) is 13.6 Å². The highest BCUT2D eigenvalue weighted by Gasteiger charge is 2.13. The molecule has 0 saturated carbocycles. The van der Waals surface area contributed by atoms with Crippen molar-refractivity contribution in [2.45, 2.75) is 17.9 Å². The first-order valence-electron chi connectivity index (χ1n) is 5.38. The maximum atomic E-state index is 11.1. The van der Waals surface area contributed by atoms with Crippen molar-refractivity contribution in [1.82, 2.24) is 4.90 Å². The fourth-order valence-corrected chi connectivity index (χ4v) is 2.30. The van der Waals surface area contributed by atoms with Crippen LogP contribution in [0.25, 0.3) is 0 Å². The molecule has 0 aliphatic rings. The first-order valence-corrected chi connectivity index (χ1v) is 7.30. The molecular formula is C12H17ClN2O2S. The van der Waals surface area contributed by atoms with Gasteiger partial charge in [-0.05, 0) is 31.7 Å². The first-order chi connectivity index (χ1) is 8.21. The quantitative estimate of drug-likeness (QED) is 0.902. The number of benzene rings is 1. The number of sulfonamides is 1. The molecule has 0 heterocycles. The number of likely N-dealkylation sites (N-methyl/N-ethyl adjacent to an activating group) is 1. The van der Waals surface area contributed by atoms with Gasteiger partial charge < -0.3 is 0 Å². The number of nitrogens with zero attached hydrogens (tertiary/aromatic N) is 1. The first kappa shape index (κ1) is 15.2. The van der Waals surface area contributed by atoms with Crippen molar-refractivity contribution in [2.24, 2.45) is 5.14 Å². The minimum atomic E-state index is -3.63. The Bertz CT molecular complexity index is 526. The van der Waals surface area contributed by atoms with Gasteiger partial charge in [0, 0.05) is 17.6 Å². The molecule has 18 heavy (non-hydrogen) atoms. The summed E-state index contributed by atoms with van der Waals surface area (Å²) in [6.45, 7) is 6.22. The fraction of sp³-hybridized carbons (Fsp3) is 0.333. The largest absolute Gasteiger partial charge is 0.295 e. The molecule has 0 aliphatic carbocycles. The summed E-state index contributed by atoms with van der Waals surface area (Å²) in [6.07, 6.45) is 0. The van der Waals surface area contributed by atoms with Gasteiger partial charge in [-0.1, -0.05) is 30.3 Å². The molecule has 1 aromatic carbocycles. The van der Waals surface area contributed by atoms with Crippen molar-refractivity contribution in [3.63, 3.8) is 0 Å². The van der Waals surface area contributed by atoms with Crippen molar-refractivity contribution in [3.05, 3.63) is 41.4 Å². The van der Waals surface area contributed by atoms with E-state index < -0.39 is 10.0 Å². The van der Waals surface area contributed by atoms with Crippen molar-refractivity contribution in [3.8, 4) is 0 Å². The number of nitrogens with two attached hydrogens (primary N) is 1. The van der Waals surface area contributed by atoms with Crippen LogP contribution in [0.15, 0.2) is 40.8 Å². The maximum Gasteiger partial charge on any atom is 0.238 e. The van der Waals surface area contributed by atoms with Gasteiger partial charge in [-0.15, -0.1) is 0 Å². The number of hydrogen-bond acceptors (Lipinski definition) is 3. The second kappa shape index (κ2) is 5.84. The van der Waals surface area contributed by atoms with E-state index >= 15 is 0 Å². The van der Waals surface area contributed by atoms with Crippen molar-refractivity contribution >= 4 is 21.6 Å². The Morgan fingerprint density at radius 1 is 1.44 bits per heavy atom. The summed E-state index contributed by atoms with van der Waals surface area (Å²) in [6, 6.07) is 6.61. The second-order valence-corrected chi connectivity index (χ2v) is 6.32. The third kappa shape index (κ3) is 4.10. The van der Waals surface area contributed by atoms with E-state index in [2.05, 4.69) is 6.58 Å². The average Bonchev–Trinajstić information content (AvgIpc) is 2.26. The Labute approximate surface area is 113 Å². The fourth-order valence-electron chi connectivity index (χ4n) is 1.60. The summed E-state index contributed by atoms with van der Waals surface area (Å²) in [4.78, 5) is 2.13. The molecule has 4 nitrogen and oxygen atoms in total. The Morgan fingerprint density at radius 2 is 1.94 bits per heavy atom. The zero-order valence-electron chi connectivity index (χ0n) is 10.4. The number of hydrogen-bond donors (Lipinski definition) is 1. The van der Waals surface area contributed by atoms with E-state index in [1.165, 1.54) is 12.1 Å². The zero-order valence-corrected chi connectivity index (χ0v) is 12.0. The minimum absolute atomic E-state index is 0.107. The Kier molecular flexibility index (Phi) is 4.92. The lowest BCUT2D eigenvalue weighted by Gasteiger charge is -2.24. The van der Waals surface area contributed by atoms with E-state index in [0.717, 1.165) is 5.56 Å². The second-order valence-electron chi connectivity index (χ2n) is 4.22. The predicted octanol–water partition coefficient (Wildman–Crippen LogP) is 2.08. The molecule has 0 aromatic heterocycles. The highest BCUT2D eigenvalue weighted by molar-refractivity contribution is 7.89. The molecule has 0 spiro atoms. The molecule has 1 atom stereocenters.